The molecule has 1 aliphatic rings. The van der Waals surface area contributed by atoms with E-state index in [0.29, 0.717) is 11.4 Å². The summed E-state index contributed by atoms with van der Waals surface area (Å²) < 4.78 is 1.60. The van der Waals surface area contributed by atoms with Gasteiger partial charge in [0.25, 0.3) is 0 Å². The van der Waals surface area contributed by atoms with E-state index < -0.39 is 5.97 Å². The summed E-state index contributed by atoms with van der Waals surface area (Å²) >= 11 is 6.21. The van der Waals surface area contributed by atoms with Crippen molar-refractivity contribution < 1.29 is 9.90 Å². The molecule has 0 amide bonds. The Morgan fingerprint density at radius 2 is 2.24 bits per heavy atom. The molecule has 0 aromatic carbocycles. The number of hydrogen-bond acceptors (Lipinski definition) is 2. The Kier molecular flexibility index (Phi) is 2.59. The molecule has 0 bridgehead atoms. The number of carbonyl (C=O) groups is 1. The number of hydrogen-bond donors (Lipinski definition) is 2. The third kappa shape index (κ3) is 1.93. The fourth-order valence-electron chi connectivity index (χ4n) is 2.61. The molecule has 1 fully saturated rings. The van der Waals surface area contributed by atoms with Gasteiger partial charge < -0.3 is 10.1 Å². The molecule has 106 valence electrons. The first-order chi connectivity index (χ1) is 10.1. The van der Waals surface area contributed by atoms with Gasteiger partial charge in [0, 0.05) is 6.20 Å². The minimum Gasteiger partial charge on any atom is -0.476 e. The largest absolute Gasteiger partial charge is 0.476 e. The average Bonchev–Trinajstić information content (AvgIpc) is 3.06. The Labute approximate surface area is 125 Å². The van der Waals surface area contributed by atoms with Crippen LogP contribution in [0.5, 0.6) is 0 Å². The number of aromatic carboxylic acids is 1. The summed E-state index contributed by atoms with van der Waals surface area (Å²) in [5.74, 6) is -0.572. The van der Waals surface area contributed by atoms with E-state index in [2.05, 4.69) is 16.1 Å². The molecule has 0 spiro atoms. The zero-order valence-electron chi connectivity index (χ0n) is 11.0. The molecule has 0 aliphatic heterocycles. The third-order valence-electron chi connectivity index (χ3n) is 3.82. The molecule has 4 rings (SSSR count). The number of carboxylic acids is 1. The smallest absolute Gasteiger partial charge is 0.358 e. The van der Waals surface area contributed by atoms with Crippen LogP contribution >= 0.6 is 11.6 Å². The number of aromatic amines is 1. The van der Waals surface area contributed by atoms with Crippen molar-refractivity contribution in [1.29, 1.82) is 0 Å². The summed E-state index contributed by atoms with van der Waals surface area (Å²) in [4.78, 5) is 14.4. The van der Waals surface area contributed by atoms with E-state index in [4.69, 9.17) is 11.6 Å². The quantitative estimate of drug-likeness (QED) is 0.777. The van der Waals surface area contributed by atoms with Crippen LogP contribution in [0.2, 0.25) is 5.02 Å². The van der Waals surface area contributed by atoms with Crippen LogP contribution in [-0.4, -0.2) is 25.7 Å². The number of nitrogens with one attached hydrogen (secondary N) is 1. The van der Waals surface area contributed by atoms with Crippen molar-refractivity contribution in [3.63, 3.8) is 0 Å². The van der Waals surface area contributed by atoms with Gasteiger partial charge in [0.15, 0.2) is 5.69 Å². The number of H-pyrrole nitrogens is 1. The summed E-state index contributed by atoms with van der Waals surface area (Å²) in [6.07, 6.45) is 4.16. The summed E-state index contributed by atoms with van der Waals surface area (Å²) in [5.41, 5.74) is 3.43. The standard InChI is InChI=1S/C15H12ClN3O2/c16-13-12-7-9(8-3-4-8)6-11(10-2-1-5-17-10)19(12)18-14(13)15(20)21/h1-2,5-8,17H,3-4H2,(H,20,21). The van der Waals surface area contributed by atoms with Crippen molar-refractivity contribution in [1.82, 2.24) is 14.6 Å². The number of fused-ring (bicyclic) bond motifs is 1. The molecule has 0 radical (unpaired) electrons. The number of nitrogens with zero attached hydrogens (tertiary/aromatic N) is 2. The van der Waals surface area contributed by atoms with Gasteiger partial charge in [-0.25, -0.2) is 9.31 Å². The number of carboxylic acid groups (broad SMARTS) is 1. The van der Waals surface area contributed by atoms with Crippen LogP contribution in [0.1, 0.15) is 34.8 Å². The van der Waals surface area contributed by atoms with E-state index in [1.807, 2.05) is 24.4 Å². The molecule has 6 heteroatoms. The first-order valence-corrected chi connectivity index (χ1v) is 7.12. The lowest BCUT2D eigenvalue weighted by molar-refractivity contribution is 0.0690. The van der Waals surface area contributed by atoms with Gasteiger partial charge in [-0.15, -0.1) is 0 Å². The SMILES string of the molecule is O=C(O)c1nn2c(-c3ccc[nH]3)cc(C3CC3)cc2c1Cl. The lowest BCUT2D eigenvalue weighted by Gasteiger charge is -2.07. The van der Waals surface area contributed by atoms with Gasteiger partial charge >= 0.3 is 5.97 Å². The molecule has 0 atom stereocenters. The van der Waals surface area contributed by atoms with Crippen LogP contribution in [0, 0.1) is 0 Å². The lowest BCUT2D eigenvalue weighted by Crippen LogP contribution is -2.00. The zero-order chi connectivity index (χ0) is 14.6. The molecule has 0 unspecified atom stereocenters. The number of pyridine rings is 1. The Balaban J connectivity index is 2.05. The Morgan fingerprint density at radius 1 is 1.43 bits per heavy atom. The normalized spacial score (nSPS) is 14.7. The van der Waals surface area contributed by atoms with Crippen molar-refractivity contribution in [2.24, 2.45) is 0 Å². The van der Waals surface area contributed by atoms with E-state index in [9.17, 15) is 9.90 Å². The van der Waals surface area contributed by atoms with Crippen molar-refractivity contribution >= 4 is 23.1 Å². The maximum Gasteiger partial charge on any atom is 0.358 e. The predicted octanol–water partition coefficient (Wildman–Crippen LogP) is 3.56. The topological polar surface area (TPSA) is 70.4 Å². The van der Waals surface area contributed by atoms with Gasteiger partial charge in [0.1, 0.15) is 5.02 Å². The van der Waals surface area contributed by atoms with Crippen molar-refractivity contribution in [3.8, 4) is 11.4 Å². The number of rotatable bonds is 3. The van der Waals surface area contributed by atoms with Gasteiger partial charge in [-0.2, -0.15) is 5.10 Å². The van der Waals surface area contributed by atoms with Crippen LogP contribution in [0.3, 0.4) is 0 Å². The first kappa shape index (κ1) is 12.5. The number of halogens is 1. The molecular weight excluding hydrogens is 290 g/mol. The Bertz CT molecular complexity index is 848. The van der Waals surface area contributed by atoms with Crippen LogP contribution < -0.4 is 0 Å². The molecule has 5 nitrogen and oxygen atoms in total. The van der Waals surface area contributed by atoms with E-state index >= 15 is 0 Å². The maximum atomic E-state index is 11.3. The third-order valence-corrected chi connectivity index (χ3v) is 4.19. The second-order valence-corrected chi connectivity index (χ2v) is 5.67. The molecule has 3 aromatic rings. The highest BCUT2D eigenvalue weighted by molar-refractivity contribution is 6.36. The van der Waals surface area contributed by atoms with Gasteiger partial charge in [0.05, 0.1) is 16.9 Å². The first-order valence-electron chi connectivity index (χ1n) is 6.74. The molecule has 3 aromatic heterocycles. The minimum absolute atomic E-state index is 0.114. The van der Waals surface area contributed by atoms with Crippen LogP contribution in [0.15, 0.2) is 30.5 Å². The maximum absolute atomic E-state index is 11.3. The Morgan fingerprint density at radius 3 is 2.86 bits per heavy atom. The zero-order valence-corrected chi connectivity index (χ0v) is 11.8. The molecule has 2 N–H and O–H groups in total. The van der Waals surface area contributed by atoms with E-state index in [1.54, 1.807) is 4.52 Å². The van der Waals surface area contributed by atoms with E-state index in [-0.39, 0.29) is 10.7 Å². The van der Waals surface area contributed by atoms with E-state index in [1.165, 1.54) is 5.56 Å². The average molecular weight is 302 g/mol. The van der Waals surface area contributed by atoms with Crippen LogP contribution in [0.4, 0.5) is 0 Å². The summed E-state index contributed by atoms with van der Waals surface area (Å²) in [5, 5.41) is 13.6. The van der Waals surface area contributed by atoms with Gasteiger partial charge in [-0.1, -0.05) is 11.6 Å². The Hall–Kier alpha value is -2.27. The molecule has 1 aliphatic carbocycles. The lowest BCUT2D eigenvalue weighted by atomic mass is 10.1. The predicted molar refractivity (Wildman–Crippen MR) is 78.9 cm³/mol. The minimum atomic E-state index is -1.12. The van der Waals surface area contributed by atoms with Crippen LogP contribution in [0.25, 0.3) is 16.9 Å². The highest BCUT2D eigenvalue weighted by atomic mass is 35.5. The van der Waals surface area contributed by atoms with Crippen molar-refractivity contribution in [2.75, 3.05) is 0 Å². The van der Waals surface area contributed by atoms with Crippen molar-refractivity contribution in [3.05, 3.63) is 46.7 Å². The van der Waals surface area contributed by atoms with Crippen LogP contribution in [-0.2, 0) is 0 Å². The van der Waals surface area contributed by atoms with Gasteiger partial charge in [-0.3, -0.25) is 0 Å². The molecule has 3 heterocycles. The molecule has 21 heavy (non-hydrogen) atoms. The second kappa shape index (κ2) is 4.36. The molecule has 0 saturated heterocycles. The summed E-state index contributed by atoms with van der Waals surface area (Å²) in [6, 6.07) is 7.84. The number of aromatic nitrogens is 3. The monoisotopic (exact) mass is 301 g/mol. The fourth-order valence-corrected chi connectivity index (χ4v) is 2.86. The summed E-state index contributed by atoms with van der Waals surface area (Å²) in [7, 11) is 0. The van der Waals surface area contributed by atoms with Gasteiger partial charge in [-0.05, 0) is 48.6 Å². The fraction of sp³-hybridized carbons (Fsp3) is 0.200. The molecular formula is C15H12ClN3O2. The van der Waals surface area contributed by atoms with E-state index in [0.717, 1.165) is 24.2 Å². The van der Waals surface area contributed by atoms with Gasteiger partial charge in [0.2, 0.25) is 0 Å². The second-order valence-electron chi connectivity index (χ2n) is 5.30. The van der Waals surface area contributed by atoms with Crippen molar-refractivity contribution in [2.45, 2.75) is 18.8 Å². The highest BCUT2D eigenvalue weighted by Crippen LogP contribution is 2.42. The summed E-state index contributed by atoms with van der Waals surface area (Å²) in [6.45, 7) is 0. The highest BCUT2D eigenvalue weighted by Gasteiger charge is 2.27. The molecule has 1 saturated carbocycles.